The van der Waals surface area contributed by atoms with Crippen LogP contribution in [0.1, 0.15) is 12.8 Å². The molecule has 1 saturated heterocycles. The number of nitrogens with zero attached hydrogens (tertiary/aromatic N) is 6. The van der Waals surface area contributed by atoms with E-state index in [1.807, 2.05) is 29.2 Å². The first-order valence-electron chi connectivity index (χ1n) is 7.85. The molecule has 3 aromatic rings. The highest BCUT2D eigenvalue weighted by Crippen LogP contribution is 2.21. The molecule has 1 aliphatic rings. The van der Waals surface area contributed by atoms with Crippen LogP contribution in [0, 0.1) is 0 Å². The van der Waals surface area contributed by atoms with E-state index in [1.165, 1.54) is 11.8 Å². The summed E-state index contributed by atoms with van der Waals surface area (Å²) in [4.78, 5) is 18.2. The van der Waals surface area contributed by atoms with Gasteiger partial charge < -0.3 is 4.90 Å². The predicted octanol–water partition coefficient (Wildman–Crippen LogP) is 1.90. The lowest BCUT2D eigenvalue weighted by atomic mass is 10.2. The van der Waals surface area contributed by atoms with E-state index in [0.29, 0.717) is 16.6 Å². The molecule has 0 spiro atoms. The number of hydrogen-bond acceptors (Lipinski definition) is 6. The molecular weight excluding hydrogens is 324 g/mol. The Hall–Kier alpha value is -2.48. The van der Waals surface area contributed by atoms with Crippen molar-refractivity contribution in [2.75, 3.05) is 18.8 Å². The van der Waals surface area contributed by atoms with Crippen molar-refractivity contribution in [3.05, 3.63) is 36.7 Å². The molecule has 0 aromatic carbocycles. The largest absolute Gasteiger partial charge is 0.342 e. The van der Waals surface area contributed by atoms with Gasteiger partial charge in [-0.05, 0) is 37.1 Å². The van der Waals surface area contributed by atoms with Crippen molar-refractivity contribution in [2.45, 2.75) is 18.0 Å². The molecule has 122 valence electrons. The van der Waals surface area contributed by atoms with Crippen LogP contribution in [0.25, 0.3) is 16.9 Å². The van der Waals surface area contributed by atoms with Gasteiger partial charge >= 0.3 is 0 Å². The number of amides is 1. The third-order valence-corrected chi connectivity index (χ3v) is 4.88. The van der Waals surface area contributed by atoms with Gasteiger partial charge in [0, 0.05) is 31.0 Å². The van der Waals surface area contributed by atoms with Crippen LogP contribution in [0.15, 0.2) is 41.8 Å². The van der Waals surface area contributed by atoms with Crippen molar-refractivity contribution in [1.82, 2.24) is 29.7 Å². The number of carbonyl (C=O) groups excluding carboxylic acids is 1. The molecule has 0 unspecified atom stereocenters. The van der Waals surface area contributed by atoms with Gasteiger partial charge in [0.2, 0.25) is 11.1 Å². The smallest absolute Gasteiger partial charge is 0.233 e. The Balaban J connectivity index is 1.56. The molecule has 7 nitrogen and oxygen atoms in total. The van der Waals surface area contributed by atoms with Crippen LogP contribution >= 0.6 is 11.8 Å². The van der Waals surface area contributed by atoms with Gasteiger partial charge in [0.25, 0.3) is 0 Å². The highest BCUT2D eigenvalue weighted by atomic mass is 32.2. The first-order chi connectivity index (χ1) is 11.8. The fourth-order valence-electron chi connectivity index (χ4n) is 2.71. The lowest BCUT2D eigenvalue weighted by Gasteiger charge is -2.14. The average molecular weight is 340 g/mol. The maximum absolute atomic E-state index is 12.2. The van der Waals surface area contributed by atoms with Crippen LogP contribution in [0.5, 0.6) is 0 Å². The zero-order valence-corrected chi connectivity index (χ0v) is 13.8. The van der Waals surface area contributed by atoms with Gasteiger partial charge in [-0.3, -0.25) is 9.78 Å². The van der Waals surface area contributed by atoms with E-state index in [0.717, 1.165) is 37.2 Å². The quantitative estimate of drug-likeness (QED) is 0.675. The van der Waals surface area contributed by atoms with Crippen molar-refractivity contribution in [2.24, 2.45) is 0 Å². The van der Waals surface area contributed by atoms with Crippen LogP contribution in [0.3, 0.4) is 0 Å². The van der Waals surface area contributed by atoms with Gasteiger partial charge in [-0.25, -0.2) is 0 Å². The van der Waals surface area contributed by atoms with Crippen molar-refractivity contribution in [3.63, 3.8) is 0 Å². The van der Waals surface area contributed by atoms with Crippen molar-refractivity contribution in [1.29, 1.82) is 0 Å². The number of carbonyl (C=O) groups is 1. The zero-order valence-electron chi connectivity index (χ0n) is 13.0. The molecule has 1 fully saturated rings. The van der Waals surface area contributed by atoms with Crippen molar-refractivity contribution < 1.29 is 4.79 Å². The van der Waals surface area contributed by atoms with Gasteiger partial charge in [-0.2, -0.15) is 9.61 Å². The summed E-state index contributed by atoms with van der Waals surface area (Å²) in [6.07, 6.45) is 5.69. The second kappa shape index (κ2) is 6.56. The van der Waals surface area contributed by atoms with E-state index < -0.39 is 0 Å². The fourth-order valence-corrected chi connectivity index (χ4v) is 3.50. The SMILES string of the molecule is O=C(CSc1nnc2ccc(-c3cccnc3)nn12)N1CCCC1. The van der Waals surface area contributed by atoms with E-state index >= 15 is 0 Å². The molecule has 1 amide bonds. The monoisotopic (exact) mass is 340 g/mol. The molecule has 8 heteroatoms. The highest BCUT2D eigenvalue weighted by Gasteiger charge is 2.19. The Morgan fingerprint density at radius 2 is 2.04 bits per heavy atom. The van der Waals surface area contributed by atoms with E-state index in [9.17, 15) is 4.79 Å². The minimum Gasteiger partial charge on any atom is -0.342 e. The Morgan fingerprint density at radius 3 is 2.83 bits per heavy atom. The molecular formula is C16H16N6OS. The number of thioether (sulfide) groups is 1. The maximum atomic E-state index is 12.2. The molecule has 1 aliphatic heterocycles. The van der Waals surface area contributed by atoms with Gasteiger partial charge in [0.1, 0.15) is 0 Å². The molecule has 4 rings (SSSR count). The Labute approximate surface area is 143 Å². The summed E-state index contributed by atoms with van der Waals surface area (Å²) < 4.78 is 1.68. The van der Waals surface area contributed by atoms with Gasteiger partial charge in [-0.1, -0.05) is 11.8 Å². The summed E-state index contributed by atoms with van der Waals surface area (Å²) in [5, 5.41) is 13.5. The molecule has 0 atom stereocenters. The summed E-state index contributed by atoms with van der Waals surface area (Å²) >= 11 is 1.38. The van der Waals surface area contributed by atoms with Crippen LogP contribution in [0.2, 0.25) is 0 Å². The number of aromatic nitrogens is 5. The molecule has 3 aromatic heterocycles. The number of hydrogen-bond donors (Lipinski definition) is 0. The topological polar surface area (TPSA) is 76.3 Å². The molecule has 0 aliphatic carbocycles. The number of likely N-dealkylation sites (tertiary alicyclic amines) is 1. The second-order valence-electron chi connectivity index (χ2n) is 5.59. The normalized spacial score (nSPS) is 14.4. The van der Waals surface area contributed by atoms with E-state index in [2.05, 4.69) is 20.3 Å². The van der Waals surface area contributed by atoms with E-state index in [-0.39, 0.29) is 5.91 Å². The van der Waals surface area contributed by atoms with Gasteiger partial charge in [0.15, 0.2) is 5.65 Å². The molecule has 0 bridgehead atoms. The highest BCUT2D eigenvalue weighted by molar-refractivity contribution is 7.99. The third kappa shape index (κ3) is 2.96. The summed E-state index contributed by atoms with van der Waals surface area (Å²) in [6, 6.07) is 7.59. The Bertz CT molecular complexity index is 859. The second-order valence-corrected chi connectivity index (χ2v) is 6.53. The minimum absolute atomic E-state index is 0.151. The lowest BCUT2D eigenvalue weighted by Crippen LogP contribution is -2.29. The third-order valence-electron chi connectivity index (χ3n) is 3.98. The summed E-state index contributed by atoms with van der Waals surface area (Å²) in [5.74, 6) is 0.511. The number of fused-ring (bicyclic) bond motifs is 1. The molecule has 0 saturated carbocycles. The standard InChI is InChI=1S/C16H16N6OS/c23-15(21-8-1-2-9-21)11-24-16-19-18-14-6-5-13(20-22(14)16)12-4-3-7-17-10-12/h3-7,10H,1-2,8-9,11H2. The summed E-state index contributed by atoms with van der Waals surface area (Å²) in [5.41, 5.74) is 2.39. The average Bonchev–Trinajstić information content (AvgIpc) is 3.30. The van der Waals surface area contributed by atoms with Crippen LogP contribution in [0.4, 0.5) is 0 Å². The predicted molar refractivity (Wildman–Crippen MR) is 90.6 cm³/mol. The van der Waals surface area contributed by atoms with Crippen molar-refractivity contribution >= 4 is 23.3 Å². The maximum Gasteiger partial charge on any atom is 0.233 e. The zero-order chi connectivity index (χ0) is 16.4. The Kier molecular flexibility index (Phi) is 4.12. The molecule has 4 heterocycles. The number of pyridine rings is 1. The minimum atomic E-state index is 0.151. The van der Waals surface area contributed by atoms with Gasteiger partial charge in [-0.15, -0.1) is 10.2 Å². The van der Waals surface area contributed by atoms with Crippen LogP contribution in [-0.4, -0.2) is 54.4 Å². The van der Waals surface area contributed by atoms with Crippen LogP contribution in [-0.2, 0) is 4.79 Å². The summed E-state index contributed by atoms with van der Waals surface area (Å²) in [7, 11) is 0. The molecule has 24 heavy (non-hydrogen) atoms. The van der Waals surface area contributed by atoms with Gasteiger partial charge in [0.05, 0.1) is 11.4 Å². The molecule has 0 N–H and O–H groups in total. The van der Waals surface area contributed by atoms with Crippen LogP contribution < -0.4 is 0 Å². The first-order valence-corrected chi connectivity index (χ1v) is 8.83. The van der Waals surface area contributed by atoms with E-state index in [4.69, 9.17) is 0 Å². The van der Waals surface area contributed by atoms with E-state index in [1.54, 1.807) is 16.9 Å². The fraction of sp³-hybridized carbons (Fsp3) is 0.312. The first kappa shape index (κ1) is 15.1. The summed E-state index contributed by atoms with van der Waals surface area (Å²) in [6.45, 7) is 1.73. The lowest BCUT2D eigenvalue weighted by molar-refractivity contribution is -0.127. The van der Waals surface area contributed by atoms with Crippen molar-refractivity contribution in [3.8, 4) is 11.3 Å². The Morgan fingerprint density at radius 1 is 1.17 bits per heavy atom. The molecule has 0 radical (unpaired) electrons. The number of rotatable bonds is 4.